The van der Waals surface area contributed by atoms with Gasteiger partial charge in [0.1, 0.15) is 0 Å². The molecule has 4 rings (SSSR count). The quantitative estimate of drug-likeness (QED) is 0.817. The van der Waals surface area contributed by atoms with Crippen LogP contribution in [0.5, 0.6) is 0 Å². The van der Waals surface area contributed by atoms with Crippen molar-refractivity contribution in [3.05, 3.63) is 41.4 Å². The first kappa shape index (κ1) is 17.2. The van der Waals surface area contributed by atoms with Crippen LogP contribution in [-0.4, -0.2) is 42.7 Å². The summed E-state index contributed by atoms with van der Waals surface area (Å²) in [5.41, 5.74) is 0.451. The highest BCUT2D eigenvalue weighted by Gasteiger charge is 2.37. The van der Waals surface area contributed by atoms with E-state index < -0.39 is 0 Å². The largest absolute Gasteiger partial charge is 0.342 e. The molecule has 2 saturated heterocycles. The molecule has 0 radical (unpaired) electrons. The van der Waals surface area contributed by atoms with Crippen LogP contribution in [0.1, 0.15) is 19.3 Å². The summed E-state index contributed by atoms with van der Waals surface area (Å²) in [7, 11) is 0. The molecule has 1 spiro atoms. The maximum Gasteiger partial charge on any atom is 0.232 e. The number of piperidine rings is 1. The smallest absolute Gasteiger partial charge is 0.232 e. The monoisotopic (exact) mass is 374 g/mol. The van der Waals surface area contributed by atoms with Crippen LogP contribution in [0.3, 0.4) is 0 Å². The van der Waals surface area contributed by atoms with E-state index in [2.05, 4.69) is 23.5 Å². The van der Waals surface area contributed by atoms with Crippen molar-refractivity contribution < 1.29 is 4.79 Å². The van der Waals surface area contributed by atoms with Crippen LogP contribution < -0.4 is 5.32 Å². The number of fused-ring (bicyclic) bond motifs is 1. The number of carbonyl (C=O) groups excluding carboxylic acids is 1. The third-order valence-corrected chi connectivity index (χ3v) is 7.03. The van der Waals surface area contributed by atoms with Crippen LogP contribution in [0.4, 0.5) is 0 Å². The van der Waals surface area contributed by atoms with Crippen molar-refractivity contribution in [2.75, 3.05) is 31.9 Å². The van der Waals surface area contributed by atoms with Crippen LogP contribution in [0, 0.1) is 5.41 Å². The van der Waals surface area contributed by atoms with Gasteiger partial charge in [0, 0.05) is 34.9 Å². The minimum atomic E-state index is 0.245. The molecule has 2 heterocycles. The molecule has 2 aromatic carbocycles. The number of nitrogens with zero attached hydrogens (tertiary/aromatic N) is 1. The standard InChI is InChI=1S/C20H23ClN2OS/c21-16-5-1-3-15-4-2-6-17(19(15)16)25-13-18(24)23-11-8-20(9-12-23)7-10-22-14-20/h1-6,22H,7-14H2. The third-order valence-electron chi connectivity index (χ3n) is 5.68. The van der Waals surface area contributed by atoms with Crippen LogP contribution in [0.15, 0.2) is 41.3 Å². The first-order valence-electron chi connectivity index (χ1n) is 8.95. The Hall–Kier alpha value is -1.23. The fourth-order valence-electron chi connectivity index (χ4n) is 4.07. The highest BCUT2D eigenvalue weighted by Crippen LogP contribution is 2.37. The van der Waals surface area contributed by atoms with Gasteiger partial charge in [-0.05, 0) is 48.7 Å². The lowest BCUT2D eigenvalue weighted by Crippen LogP contribution is -2.44. The molecular weight excluding hydrogens is 352 g/mol. The second kappa shape index (κ2) is 7.18. The topological polar surface area (TPSA) is 32.3 Å². The minimum Gasteiger partial charge on any atom is -0.342 e. The number of hydrogen-bond acceptors (Lipinski definition) is 3. The van der Waals surface area contributed by atoms with E-state index in [1.54, 1.807) is 11.8 Å². The molecule has 1 N–H and O–H groups in total. The molecule has 2 aliphatic heterocycles. The molecule has 0 atom stereocenters. The second-order valence-corrected chi connectivity index (χ2v) is 8.61. The molecular formula is C20H23ClN2OS. The number of carbonyl (C=O) groups is 1. The third kappa shape index (κ3) is 3.53. The van der Waals surface area contributed by atoms with Crippen molar-refractivity contribution in [2.45, 2.75) is 24.2 Å². The lowest BCUT2D eigenvalue weighted by molar-refractivity contribution is -0.130. The van der Waals surface area contributed by atoms with Crippen molar-refractivity contribution in [3.8, 4) is 0 Å². The average molecular weight is 375 g/mol. The van der Waals surface area contributed by atoms with Crippen LogP contribution >= 0.6 is 23.4 Å². The number of nitrogens with one attached hydrogen (secondary N) is 1. The maximum atomic E-state index is 12.7. The highest BCUT2D eigenvalue weighted by atomic mass is 35.5. The Balaban J connectivity index is 1.40. The summed E-state index contributed by atoms with van der Waals surface area (Å²) in [5.74, 6) is 0.727. The molecule has 0 saturated carbocycles. The van der Waals surface area contributed by atoms with Crippen molar-refractivity contribution >= 4 is 40.0 Å². The summed E-state index contributed by atoms with van der Waals surface area (Å²) >= 11 is 7.98. The summed E-state index contributed by atoms with van der Waals surface area (Å²) in [6.45, 7) is 4.05. The Labute approximate surface area is 158 Å². The molecule has 5 heteroatoms. The van der Waals surface area contributed by atoms with Gasteiger partial charge in [0.2, 0.25) is 5.91 Å². The van der Waals surface area contributed by atoms with E-state index in [0.29, 0.717) is 11.2 Å². The molecule has 0 unspecified atom stereocenters. The molecule has 1 amide bonds. The first-order chi connectivity index (χ1) is 12.2. The van der Waals surface area contributed by atoms with Gasteiger partial charge in [-0.25, -0.2) is 0 Å². The van der Waals surface area contributed by atoms with Gasteiger partial charge in [0.15, 0.2) is 0 Å². The summed E-state index contributed by atoms with van der Waals surface area (Å²) < 4.78 is 0. The predicted octanol–water partition coefficient (Wildman–Crippen LogP) is 4.19. The summed E-state index contributed by atoms with van der Waals surface area (Å²) in [4.78, 5) is 15.8. The van der Waals surface area contributed by atoms with Gasteiger partial charge in [0.05, 0.1) is 5.75 Å². The van der Waals surface area contributed by atoms with E-state index in [1.807, 2.05) is 23.1 Å². The zero-order valence-corrected chi connectivity index (χ0v) is 15.8. The zero-order valence-electron chi connectivity index (χ0n) is 14.3. The van der Waals surface area contributed by atoms with E-state index in [4.69, 9.17) is 11.6 Å². The average Bonchev–Trinajstić information content (AvgIpc) is 3.08. The van der Waals surface area contributed by atoms with E-state index in [0.717, 1.165) is 59.7 Å². The van der Waals surface area contributed by atoms with Crippen molar-refractivity contribution in [1.29, 1.82) is 0 Å². The number of halogens is 1. The Bertz CT molecular complexity index is 773. The molecule has 3 nitrogen and oxygen atoms in total. The maximum absolute atomic E-state index is 12.7. The van der Waals surface area contributed by atoms with Gasteiger partial charge >= 0.3 is 0 Å². The molecule has 0 aromatic heterocycles. The van der Waals surface area contributed by atoms with E-state index in [1.165, 1.54) is 6.42 Å². The molecule has 25 heavy (non-hydrogen) atoms. The first-order valence-corrected chi connectivity index (χ1v) is 10.3. The Morgan fingerprint density at radius 1 is 1.16 bits per heavy atom. The van der Waals surface area contributed by atoms with Gasteiger partial charge in [0.25, 0.3) is 0 Å². The van der Waals surface area contributed by atoms with Gasteiger partial charge in [-0.2, -0.15) is 0 Å². The normalized spacial score (nSPS) is 19.6. The lowest BCUT2D eigenvalue weighted by Gasteiger charge is -2.38. The zero-order chi connectivity index (χ0) is 17.3. The fourth-order valence-corrected chi connectivity index (χ4v) is 5.41. The summed E-state index contributed by atoms with van der Waals surface area (Å²) in [5, 5.41) is 6.41. The molecule has 2 fully saturated rings. The molecule has 132 valence electrons. The summed E-state index contributed by atoms with van der Waals surface area (Å²) in [6.07, 6.45) is 3.53. The van der Waals surface area contributed by atoms with E-state index in [9.17, 15) is 4.79 Å². The van der Waals surface area contributed by atoms with E-state index in [-0.39, 0.29) is 5.91 Å². The number of benzene rings is 2. The number of amides is 1. The number of likely N-dealkylation sites (tertiary alicyclic amines) is 1. The molecule has 0 aliphatic carbocycles. The number of rotatable bonds is 3. The number of hydrogen-bond donors (Lipinski definition) is 1. The Morgan fingerprint density at radius 2 is 1.92 bits per heavy atom. The van der Waals surface area contributed by atoms with Crippen LogP contribution in [0.2, 0.25) is 5.02 Å². The van der Waals surface area contributed by atoms with Gasteiger partial charge < -0.3 is 10.2 Å². The van der Waals surface area contributed by atoms with Crippen LogP contribution in [0.25, 0.3) is 10.8 Å². The lowest BCUT2D eigenvalue weighted by atomic mass is 9.78. The Kier molecular flexibility index (Phi) is 4.94. The fraction of sp³-hybridized carbons (Fsp3) is 0.450. The van der Waals surface area contributed by atoms with E-state index >= 15 is 0 Å². The second-order valence-electron chi connectivity index (χ2n) is 7.19. The molecule has 0 bridgehead atoms. The van der Waals surface area contributed by atoms with Crippen molar-refractivity contribution in [1.82, 2.24) is 10.2 Å². The highest BCUT2D eigenvalue weighted by molar-refractivity contribution is 8.00. The summed E-state index contributed by atoms with van der Waals surface area (Å²) in [6, 6.07) is 12.1. The van der Waals surface area contributed by atoms with Gasteiger partial charge in [-0.15, -0.1) is 11.8 Å². The van der Waals surface area contributed by atoms with Gasteiger partial charge in [-0.3, -0.25) is 4.79 Å². The SMILES string of the molecule is O=C(CSc1cccc2cccc(Cl)c12)N1CCC2(CCNC2)CC1. The molecule has 2 aromatic rings. The predicted molar refractivity (Wildman–Crippen MR) is 105 cm³/mol. The molecule has 2 aliphatic rings. The minimum absolute atomic E-state index is 0.245. The van der Waals surface area contributed by atoms with Crippen LogP contribution in [-0.2, 0) is 4.79 Å². The van der Waals surface area contributed by atoms with Crippen molar-refractivity contribution in [3.63, 3.8) is 0 Å². The number of thioether (sulfide) groups is 1. The van der Waals surface area contributed by atoms with Gasteiger partial charge in [-0.1, -0.05) is 35.9 Å². The van der Waals surface area contributed by atoms with Crippen molar-refractivity contribution in [2.24, 2.45) is 5.41 Å². The Morgan fingerprint density at radius 3 is 2.64 bits per heavy atom.